The van der Waals surface area contributed by atoms with E-state index in [2.05, 4.69) is 5.32 Å². The molecule has 0 radical (unpaired) electrons. The van der Waals surface area contributed by atoms with Crippen molar-refractivity contribution >= 4 is 11.8 Å². The van der Waals surface area contributed by atoms with E-state index >= 15 is 0 Å². The molecule has 2 amide bonds. The molecule has 108 valence electrons. The monoisotopic (exact) mass is 274 g/mol. The second-order valence-electron chi connectivity index (χ2n) is 5.34. The summed E-state index contributed by atoms with van der Waals surface area (Å²) in [5.41, 5.74) is -0.0696. The summed E-state index contributed by atoms with van der Waals surface area (Å²) in [5, 5.41) is 2.89. The second kappa shape index (κ2) is 5.65. The predicted octanol–water partition coefficient (Wildman–Crippen LogP) is 2.05. The molecule has 2 unspecified atom stereocenters. The van der Waals surface area contributed by atoms with Crippen molar-refractivity contribution in [3.8, 4) is 0 Å². The minimum absolute atomic E-state index is 0.0142. The fraction of sp³-hybridized carbons (Fsp3) is 0.500. The maximum absolute atomic E-state index is 12.6. The molecule has 2 rings (SSSR count). The van der Waals surface area contributed by atoms with E-state index in [9.17, 15) is 9.59 Å². The zero-order valence-electron chi connectivity index (χ0n) is 12.3. The lowest BCUT2D eigenvalue weighted by molar-refractivity contribution is -0.157. The van der Waals surface area contributed by atoms with Gasteiger partial charge in [-0.05, 0) is 25.8 Å². The Morgan fingerprint density at radius 2 is 1.85 bits per heavy atom. The molecule has 1 heterocycles. The first kappa shape index (κ1) is 14.6. The van der Waals surface area contributed by atoms with Crippen LogP contribution in [0.15, 0.2) is 30.3 Å². The van der Waals surface area contributed by atoms with E-state index in [4.69, 9.17) is 0 Å². The summed E-state index contributed by atoms with van der Waals surface area (Å²) in [7, 11) is 0. The van der Waals surface area contributed by atoms with Gasteiger partial charge in [0, 0.05) is 6.54 Å². The minimum atomic E-state index is -0.919. The molecule has 1 aliphatic heterocycles. The van der Waals surface area contributed by atoms with E-state index in [-0.39, 0.29) is 17.9 Å². The Hall–Kier alpha value is -1.84. The number of hydrogen-bond donors (Lipinski definition) is 1. The van der Waals surface area contributed by atoms with Gasteiger partial charge < -0.3 is 10.2 Å². The number of amides is 2. The van der Waals surface area contributed by atoms with E-state index in [0.29, 0.717) is 13.0 Å². The molecule has 1 aromatic carbocycles. The number of nitrogens with one attached hydrogen (secondary N) is 1. The Balaban J connectivity index is 2.42. The third-order valence-electron chi connectivity index (χ3n) is 4.08. The van der Waals surface area contributed by atoms with E-state index in [1.54, 1.807) is 4.90 Å². The average molecular weight is 274 g/mol. The van der Waals surface area contributed by atoms with E-state index in [0.717, 1.165) is 12.0 Å². The Morgan fingerprint density at radius 1 is 1.20 bits per heavy atom. The van der Waals surface area contributed by atoms with Gasteiger partial charge in [0.1, 0.15) is 11.6 Å². The molecule has 0 aromatic heterocycles. The van der Waals surface area contributed by atoms with Crippen LogP contribution in [-0.4, -0.2) is 29.3 Å². The highest BCUT2D eigenvalue weighted by molar-refractivity contribution is 6.00. The summed E-state index contributed by atoms with van der Waals surface area (Å²) in [6.45, 7) is 6.28. The van der Waals surface area contributed by atoms with E-state index in [1.165, 1.54) is 0 Å². The van der Waals surface area contributed by atoms with Crippen LogP contribution in [0.3, 0.4) is 0 Å². The van der Waals surface area contributed by atoms with Gasteiger partial charge in [-0.2, -0.15) is 0 Å². The Labute approximate surface area is 120 Å². The van der Waals surface area contributed by atoms with Crippen molar-refractivity contribution < 1.29 is 9.59 Å². The molecule has 1 fully saturated rings. The SMILES string of the molecule is CCCC1NC(=O)C(C)(c2ccccc2)N(CC)C1=O. The van der Waals surface area contributed by atoms with Crippen LogP contribution in [0.5, 0.6) is 0 Å². The Morgan fingerprint density at radius 3 is 2.40 bits per heavy atom. The maximum Gasteiger partial charge on any atom is 0.251 e. The number of benzene rings is 1. The molecule has 1 aliphatic rings. The smallest absolute Gasteiger partial charge is 0.251 e. The Bertz CT molecular complexity index is 500. The van der Waals surface area contributed by atoms with Crippen LogP contribution in [0.4, 0.5) is 0 Å². The minimum Gasteiger partial charge on any atom is -0.342 e. The van der Waals surface area contributed by atoms with Gasteiger partial charge in [-0.25, -0.2) is 0 Å². The highest BCUT2D eigenvalue weighted by atomic mass is 16.2. The summed E-state index contributed by atoms with van der Waals surface area (Å²) >= 11 is 0. The quantitative estimate of drug-likeness (QED) is 0.913. The number of hydrogen-bond acceptors (Lipinski definition) is 2. The number of piperazine rings is 1. The van der Waals surface area contributed by atoms with Gasteiger partial charge in [-0.3, -0.25) is 9.59 Å². The summed E-state index contributed by atoms with van der Waals surface area (Å²) in [5.74, 6) is -0.0797. The molecular formula is C16H22N2O2. The summed E-state index contributed by atoms with van der Waals surface area (Å²) < 4.78 is 0. The lowest BCUT2D eigenvalue weighted by atomic mass is 9.85. The lowest BCUT2D eigenvalue weighted by Crippen LogP contribution is -2.67. The number of rotatable bonds is 4. The lowest BCUT2D eigenvalue weighted by Gasteiger charge is -2.46. The third-order valence-corrected chi connectivity index (χ3v) is 4.08. The first-order chi connectivity index (χ1) is 9.55. The predicted molar refractivity (Wildman–Crippen MR) is 78.0 cm³/mol. The molecule has 4 nitrogen and oxygen atoms in total. The number of nitrogens with zero attached hydrogens (tertiary/aromatic N) is 1. The second-order valence-corrected chi connectivity index (χ2v) is 5.34. The van der Waals surface area contributed by atoms with Crippen molar-refractivity contribution in [1.29, 1.82) is 0 Å². The van der Waals surface area contributed by atoms with Crippen LogP contribution in [-0.2, 0) is 15.1 Å². The standard InChI is InChI=1S/C16H22N2O2/c1-4-9-13-14(19)18(5-2)16(3,15(20)17-13)12-10-7-6-8-11-12/h6-8,10-11,13H,4-5,9H2,1-3H3,(H,17,20). The van der Waals surface area contributed by atoms with Crippen LogP contribution in [0.2, 0.25) is 0 Å². The van der Waals surface area contributed by atoms with Gasteiger partial charge in [0.2, 0.25) is 5.91 Å². The molecule has 2 atom stereocenters. The average Bonchev–Trinajstić information content (AvgIpc) is 2.46. The highest BCUT2D eigenvalue weighted by Gasteiger charge is 2.49. The van der Waals surface area contributed by atoms with Crippen LogP contribution in [0.25, 0.3) is 0 Å². The Kier molecular flexibility index (Phi) is 4.12. The fourth-order valence-corrected chi connectivity index (χ4v) is 2.90. The zero-order valence-corrected chi connectivity index (χ0v) is 12.3. The largest absolute Gasteiger partial charge is 0.342 e. The first-order valence-electron chi connectivity index (χ1n) is 7.23. The van der Waals surface area contributed by atoms with Gasteiger partial charge in [-0.1, -0.05) is 43.7 Å². The summed E-state index contributed by atoms with van der Waals surface area (Å²) in [4.78, 5) is 26.9. The molecule has 0 saturated carbocycles. The van der Waals surface area contributed by atoms with Crippen LogP contribution in [0.1, 0.15) is 39.2 Å². The molecule has 0 aliphatic carbocycles. The molecule has 20 heavy (non-hydrogen) atoms. The molecule has 0 bridgehead atoms. The molecule has 4 heteroatoms. The van der Waals surface area contributed by atoms with E-state index < -0.39 is 5.54 Å². The maximum atomic E-state index is 12.6. The molecular weight excluding hydrogens is 252 g/mol. The van der Waals surface area contributed by atoms with Crippen molar-refractivity contribution in [3.63, 3.8) is 0 Å². The normalized spacial score (nSPS) is 26.6. The van der Waals surface area contributed by atoms with Crippen LogP contribution in [0, 0.1) is 0 Å². The van der Waals surface area contributed by atoms with Crippen molar-refractivity contribution in [3.05, 3.63) is 35.9 Å². The number of carbonyl (C=O) groups excluding carboxylic acids is 2. The molecule has 0 spiro atoms. The molecule has 1 aromatic rings. The molecule has 1 N–H and O–H groups in total. The van der Waals surface area contributed by atoms with Gasteiger partial charge in [0.05, 0.1) is 0 Å². The van der Waals surface area contributed by atoms with Gasteiger partial charge in [0.25, 0.3) is 5.91 Å². The zero-order chi connectivity index (χ0) is 14.8. The van der Waals surface area contributed by atoms with Gasteiger partial charge in [0.15, 0.2) is 0 Å². The fourth-order valence-electron chi connectivity index (χ4n) is 2.90. The van der Waals surface area contributed by atoms with Crippen molar-refractivity contribution in [2.75, 3.05) is 6.54 Å². The highest BCUT2D eigenvalue weighted by Crippen LogP contribution is 2.32. The van der Waals surface area contributed by atoms with Crippen LogP contribution >= 0.6 is 0 Å². The summed E-state index contributed by atoms with van der Waals surface area (Å²) in [6, 6.07) is 9.11. The first-order valence-corrected chi connectivity index (χ1v) is 7.23. The molecule has 1 saturated heterocycles. The summed E-state index contributed by atoms with van der Waals surface area (Å²) in [6.07, 6.45) is 1.56. The topological polar surface area (TPSA) is 49.4 Å². The van der Waals surface area contributed by atoms with Crippen molar-refractivity contribution in [2.45, 2.75) is 45.2 Å². The van der Waals surface area contributed by atoms with Crippen molar-refractivity contribution in [1.82, 2.24) is 10.2 Å². The van der Waals surface area contributed by atoms with Crippen molar-refractivity contribution in [2.24, 2.45) is 0 Å². The van der Waals surface area contributed by atoms with Crippen LogP contribution < -0.4 is 5.32 Å². The van der Waals surface area contributed by atoms with Gasteiger partial charge in [-0.15, -0.1) is 0 Å². The number of carbonyl (C=O) groups is 2. The van der Waals surface area contributed by atoms with E-state index in [1.807, 2.05) is 51.1 Å². The van der Waals surface area contributed by atoms with Gasteiger partial charge >= 0.3 is 0 Å². The third kappa shape index (κ3) is 2.19. The number of likely N-dealkylation sites (N-methyl/N-ethyl adjacent to an activating group) is 1.